The Hall–Kier alpha value is -2.46. The molecule has 0 saturated heterocycles. The Labute approximate surface area is 121 Å². The van der Waals surface area contributed by atoms with Crippen LogP contribution in [-0.2, 0) is 0 Å². The van der Waals surface area contributed by atoms with E-state index in [9.17, 15) is 0 Å². The maximum absolute atomic E-state index is 8.26. The molecule has 3 aromatic rings. The van der Waals surface area contributed by atoms with Gasteiger partial charge in [-0.05, 0) is 11.6 Å². The lowest BCUT2D eigenvalue weighted by atomic mass is 10.1. The van der Waals surface area contributed by atoms with Crippen LogP contribution >= 0.6 is 11.3 Å². The van der Waals surface area contributed by atoms with Crippen LogP contribution in [0.2, 0.25) is 0 Å². The van der Waals surface area contributed by atoms with Crippen molar-refractivity contribution in [1.82, 2.24) is 4.98 Å². The van der Waals surface area contributed by atoms with Gasteiger partial charge in [-0.15, -0.1) is 11.3 Å². The number of nitrogens with one attached hydrogen (secondary N) is 1. The standard InChI is InChI=1S/C16H13N3S/c17-13-9-5-4-8-12(13)15(18)16-19-10-14(20-16)11-6-2-1-3-7-11/h1-10,18H,17H2. The summed E-state index contributed by atoms with van der Waals surface area (Å²) in [5.74, 6) is 0. The lowest BCUT2D eigenvalue weighted by Crippen LogP contribution is -2.04. The molecule has 0 aliphatic rings. The van der Waals surface area contributed by atoms with Gasteiger partial charge in [-0.3, -0.25) is 5.41 Å². The van der Waals surface area contributed by atoms with E-state index in [0.717, 1.165) is 16.0 Å². The Morgan fingerprint density at radius 2 is 1.70 bits per heavy atom. The van der Waals surface area contributed by atoms with E-state index in [1.807, 2.05) is 54.7 Å². The summed E-state index contributed by atoms with van der Waals surface area (Å²) in [4.78, 5) is 5.40. The highest BCUT2D eigenvalue weighted by atomic mass is 32.1. The van der Waals surface area contributed by atoms with Crippen molar-refractivity contribution in [1.29, 1.82) is 5.41 Å². The second-order valence-corrected chi connectivity index (χ2v) is 5.39. The fraction of sp³-hybridized carbons (Fsp3) is 0. The van der Waals surface area contributed by atoms with E-state index in [4.69, 9.17) is 11.1 Å². The number of para-hydroxylation sites is 1. The predicted octanol–water partition coefficient (Wildman–Crippen LogP) is 3.81. The number of thiazole rings is 1. The minimum atomic E-state index is 0.371. The van der Waals surface area contributed by atoms with Gasteiger partial charge in [-0.1, -0.05) is 48.5 Å². The largest absolute Gasteiger partial charge is 0.398 e. The first kappa shape index (κ1) is 12.6. The van der Waals surface area contributed by atoms with Gasteiger partial charge in [0.25, 0.3) is 0 Å². The zero-order valence-corrected chi connectivity index (χ0v) is 11.5. The van der Waals surface area contributed by atoms with E-state index in [1.54, 1.807) is 6.07 Å². The van der Waals surface area contributed by atoms with Crippen molar-refractivity contribution in [3.63, 3.8) is 0 Å². The predicted molar refractivity (Wildman–Crippen MR) is 84.3 cm³/mol. The molecule has 0 aliphatic heterocycles. The Kier molecular flexibility index (Phi) is 3.31. The van der Waals surface area contributed by atoms with Crippen LogP contribution in [-0.4, -0.2) is 10.7 Å². The molecule has 3 nitrogen and oxygen atoms in total. The third-order valence-electron chi connectivity index (χ3n) is 3.01. The van der Waals surface area contributed by atoms with Crippen LogP contribution in [0, 0.1) is 5.41 Å². The molecule has 0 radical (unpaired) electrons. The second-order valence-electron chi connectivity index (χ2n) is 4.36. The van der Waals surface area contributed by atoms with Crippen LogP contribution in [0.5, 0.6) is 0 Å². The molecule has 0 spiro atoms. The van der Waals surface area contributed by atoms with Gasteiger partial charge in [0.15, 0.2) is 0 Å². The van der Waals surface area contributed by atoms with E-state index in [2.05, 4.69) is 4.98 Å². The number of anilines is 1. The molecule has 0 atom stereocenters. The monoisotopic (exact) mass is 279 g/mol. The number of nitrogens with two attached hydrogens (primary N) is 1. The Morgan fingerprint density at radius 3 is 2.45 bits per heavy atom. The summed E-state index contributed by atoms with van der Waals surface area (Å²) >= 11 is 1.51. The number of rotatable bonds is 3. The molecule has 0 aliphatic carbocycles. The fourth-order valence-corrected chi connectivity index (χ4v) is 2.85. The maximum atomic E-state index is 8.26. The molecule has 2 aromatic carbocycles. The average Bonchev–Trinajstić information content (AvgIpc) is 2.98. The smallest absolute Gasteiger partial charge is 0.142 e. The maximum Gasteiger partial charge on any atom is 0.142 e. The molecule has 1 heterocycles. The van der Waals surface area contributed by atoms with Gasteiger partial charge >= 0.3 is 0 Å². The van der Waals surface area contributed by atoms with Gasteiger partial charge < -0.3 is 5.73 Å². The molecule has 0 unspecified atom stereocenters. The number of nitrogens with zero attached hydrogens (tertiary/aromatic N) is 1. The third-order valence-corrected chi connectivity index (χ3v) is 4.07. The molecule has 3 rings (SSSR count). The summed E-state index contributed by atoms with van der Waals surface area (Å²) in [6, 6.07) is 17.4. The van der Waals surface area contributed by atoms with Gasteiger partial charge in [0.05, 0.1) is 10.6 Å². The number of benzene rings is 2. The molecule has 4 heteroatoms. The lowest BCUT2D eigenvalue weighted by Gasteiger charge is -2.03. The highest BCUT2D eigenvalue weighted by Gasteiger charge is 2.12. The quantitative estimate of drug-likeness (QED) is 0.565. The summed E-state index contributed by atoms with van der Waals surface area (Å²) < 4.78 is 0. The van der Waals surface area contributed by atoms with Crippen LogP contribution in [0.4, 0.5) is 5.69 Å². The topological polar surface area (TPSA) is 62.8 Å². The molecule has 98 valence electrons. The fourth-order valence-electron chi connectivity index (χ4n) is 1.97. The van der Waals surface area contributed by atoms with Gasteiger partial charge in [0.2, 0.25) is 0 Å². The van der Waals surface area contributed by atoms with Crippen molar-refractivity contribution in [2.75, 3.05) is 5.73 Å². The van der Waals surface area contributed by atoms with E-state index in [-0.39, 0.29) is 0 Å². The molecule has 0 bridgehead atoms. The molecular weight excluding hydrogens is 266 g/mol. The Balaban J connectivity index is 1.95. The molecule has 0 saturated carbocycles. The number of nitrogen functional groups attached to an aromatic ring is 1. The molecule has 20 heavy (non-hydrogen) atoms. The minimum Gasteiger partial charge on any atom is -0.398 e. The van der Waals surface area contributed by atoms with Crippen molar-refractivity contribution in [3.05, 3.63) is 71.4 Å². The van der Waals surface area contributed by atoms with Crippen molar-refractivity contribution in [2.24, 2.45) is 0 Å². The average molecular weight is 279 g/mol. The van der Waals surface area contributed by atoms with Crippen molar-refractivity contribution in [2.45, 2.75) is 0 Å². The van der Waals surface area contributed by atoms with E-state index in [0.29, 0.717) is 16.4 Å². The van der Waals surface area contributed by atoms with Crippen LogP contribution in [0.25, 0.3) is 10.4 Å². The van der Waals surface area contributed by atoms with Crippen molar-refractivity contribution in [3.8, 4) is 10.4 Å². The molecule has 3 N–H and O–H groups in total. The molecule has 0 fully saturated rings. The first-order chi connectivity index (χ1) is 9.75. The zero-order chi connectivity index (χ0) is 13.9. The Morgan fingerprint density at radius 1 is 1.00 bits per heavy atom. The molecule has 0 amide bonds. The van der Waals surface area contributed by atoms with Crippen LogP contribution < -0.4 is 5.73 Å². The number of aromatic nitrogens is 1. The summed E-state index contributed by atoms with van der Waals surface area (Å²) in [6.45, 7) is 0. The van der Waals surface area contributed by atoms with Crippen LogP contribution in [0.3, 0.4) is 0 Å². The lowest BCUT2D eigenvalue weighted by molar-refractivity contribution is 1.35. The normalized spacial score (nSPS) is 10.4. The Bertz CT molecular complexity index is 747. The van der Waals surface area contributed by atoms with E-state index < -0.39 is 0 Å². The molecule has 1 aromatic heterocycles. The van der Waals surface area contributed by atoms with E-state index >= 15 is 0 Å². The number of hydrogen-bond donors (Lipinski definition) is 2. The van der Waals surface area contributed by atoms with Gasteiger partial charge in [0.1, 0.15) is 5.01 Å². The van der Waals surface area contributed by atoms with Crippen molar-refractivity contribution >= 4 is 22.7 Å². The van der Waals surface area contributed by atoms with Gasteiger partial charge in [-0.2, -0.15) is 0 Å². The zero-order valence-electron chi connectivity index (χ0n) is 10.7. The van der Waals surface area contributed by atoms with Crippen LogP contribution in [0.15, 0.2) is 60.8 Å². The number of hydrogen-bond acceptors (Lipinski definition) is 4. The molecular formula is C16H13N3S. The highest BCUT2D eigenvalue weighted by molar-refractivity contribution is 7.17. The van der Waals surface area contributed by atoms with Gasteiger partial charge in [-0.25, -0.2) is 4.98 Å². The van der Waals surface area contributed by atoms with E-state index in [1.165, 1.54) is 11.3 Å². The first-order valence-electron chi connectivity index (χ1n) is 6.21. The van der Waals surface area contributed by atoms with Gasteiger partial charge in [0, 0.05) is 17.4 Å². The summed E-state index contributed by atoms with van der Waals surface area (Å²) in [6.07, 6.45) is 1.81. The first-order valence-corrected chi connectivity index (χ1v) is 7.02. The summed E-state index contributed by atoms with van der Waals surface area (Å²) in [7, 11) is 0. The highest BCUT2D eigenvalue weighted by Crippen LogP contribution is 2.27. The minimum absolute atomic E-state index is 0.371. The van der Waals surface area contributed by atoms with Crippen molar-refractivity contribution < 1.29 is 0 Å². The third kappa shape index (κ3) is 2.33. The second kappa shape index (κ2) is 5.27. The van der Waals surface area contributed by atoms with Crippen LogP contribution in [0.1, 0.15) is 10.6 Å². The summed E-state index contributed by atoms with van der Waals surface area (Å²) in [5, 5.41) is 8.94. The SMILES string of the molecule is N=C(c1ncc(-c2ccccc2)s1)c1ccccc1N. The summed E-state index contributed by atoms with van der Waals surface area (Å²) in [5.41, 5.74) is 8.73.